The number of benzene rings is 2. The van der Waals surface area contributed by atoms with Crippen molar-refractivity contribution in [3.63, 3.8) is 0 Å². The minimum Gasteiger partial charge on any atom is -0.507 e. The Hall–Kier alpha value is -3.13. The molecule has 148 valence electrons. The highest BCUT2D eigenvalue weighted by Crippen LogP contribution is 2.22. The molecule has 0 saturated carbocycles. The van der Waals surface area contributed by atoms with Gasteiger partial charge >= 0.3 is 0 Å². The number of rotatable bonds is 7. The number of hydrogen-bond donors (Lipinski definition) is 4. The molecule has 0 atom stereocenters. The van der Waals surface area contributed by atoms with E-state index < -0.39 is 0 Å². The van der Waals surface area contributed by atoms with Gasteiger partial charge in [0.1, 0.15) is 11.5 Å². The summed E-state index contributed by atoms with van der Waals surface area (Å²) in [5.41, 5.74) is 5.10. The van der Waals surface area contributed by atoms with Gasteiger partial charge in [-0.15, -0.1) is 0 Å². The summed E-state index contributed by atoms with van der Waals surface area (Å²) in [6.45, 7) is 3.67. The van der Waals surface area contributed by atoms with Crippen molar-refractivity contribution in [3.8, 4) is 11.5 Å². The Balaban J connectivity index is 2.05. The molecule has 0 fully saturated rings. The molecular formula is C20H24N4O3S. The van der Waals surface area contributed by atoms with Gasteiger partial charge < -0.3 is 20.5 Å². The fourth-order valence-corrected chi connectivity index (χ4v) is 2.57. The standard InChI is InChI=1S/C20H24N4O3S/c1-4-6-19(26)21-15-9-10-18(25)17(12-15)13(2)23-24-20(28)22-14-7-5-8-16(11-14)27-3/h5,7-12,25H,4,6H2,1-3H3,(H,21,26)(H2,22,24,28)/b23-13+. The Morgan fingerprint density at radius 2 is 1.93 bits per heavy atom. The summed E-state index contributed by atoms with van der Waals surface area (Å²) in [7, 11) is 1.59. The van der Waals surface area contributed by atoms with Gasteiger partial charge in [0.15, 0.2) is 5.11 Å². The predicted molar refractivity (Wildman–Crippen MR) is 116 cm³/mol. The fraction of sp³-hybridized carbons (Fsp3) is 0.250. The lowest BCUT2D eigenvalue weighted by atomic mass is 10.1. The van der Waals surface area contributed by atoms with Gasteiger partial charge in [-0.05, 0) is 55.9 Å². The third-order valence-corrected chi connectivity index (χ3v) is 3.99. The largest absolute Gasteiger partial charge is 0.507 e. The van der Waals surface area contributed by atoms with Crippen LogP contribution in [0.4, 0.5) is 11.4 Å². The minimum absolute atomic E-state index is 0.0585. The van der Waals surface area contributed by atoms with Crippen LogP contribution in [0.2, 0.25) is 0 Å². The second-order valence-electron chi connectivity index (χ2n) is 6.03. The summed E-state index contributed by atoms with van der Waals surface area (Å²) in [4.78, 5) is 11.8. The monoisotopic (exact) mass is 400 g/mol. The van der Waals surface area contributed by atoms with E-state index in [1.807, 2.05) is 25.1 Å². The third kappa shape index (κ3) is 6.24. The first kappa shape index (κ1) is 21.2. The molecule has 0 bridgehead atoms. The molecule has 4 N–H and O–H groups in total. The Morgan fingerprint density at radius 1 is 1.18 bits per heavy atom. The third-order valence-electron chi connectivity index (χ3n) is 3.80. The Morgan fingerprint density at radius 3 is 2.64 bits per heavy atom. The predicted octanol–water partition coefficient (Wildman–Crippen LogP) is 3.85. The SMILES string of the molecule is CCCC(=O)Nc1ccc(O)c(/C(C)=N/NC(=S)Nc2cccc(OC)c2)c1. The van der Waals surface area contributed by atoms with Gasteiger partial charge in [0.2, 0.25) is 5.91 Å². The lowest BCUT2D eigenvalue weighted by Crippen LogP contribution is -2.25. The Kier molecular flexibility index (Phi) is 7.76. The molecule has 2 rings (SSSR count). The highest BCUT2D eigenvalue weighted by atomic mass is 32.1. The molecule has 0 aromatic heterocycles. The number of phenolic OH excluding ortho intramolecular Hbond substituents is 1. The zero-order chi connectivity index (χ0) is 20.5. The highest BCUT2D eigenvalue weighted by Gasteiger charge is 2.09. The first-order chi connectivity index (χ1) is 13.4. The van der Waals surface area contributed by atoms with Crippen LogP contribution in [0, 0.1) is 0 Å². The first-order valence-electron chi connectivity index (χ1n) is 8.81. The molecule has 2 aromatic rings. The van der Waals surface area contributed by atoms with Crippen molar-refractivity contribution in [3.05, 3.63) is 48.0 Å². The van der Waals surface area contributed by atoms with E-state index in [0.717, 1.165) is 12.1 Å². The zero-order valence-corrected chi connectivity index (χ0v) is 16.9. The number of hydrogen-bond acceptors (Lipinski definition) is 5. The van der Waals surface area contributed by atoms with Crippen LogP contribution in [-0.2, 0) is 4.79 Å². The van der Waals surface area contributed by atoms with Crippen LogP contribution >= 0.6 is 12.2 Å². The van der Waals surface area contributed by atoms with E-state index in [9.17, 15) is 9.90 Å². The van der Waals surface area contributed by atoms with Crippen LogP contribution in [0.3, 0.4) is 0 Å². The number of amides is 1. The van der Waals surface area contributed by atoms with Crippen LogP contribution < -0.4 is 20.8 Å². The van der Waals surface area contributed by atoms with Gasteiger partial charge in [-0.3, -0.25) is 10.2 Å². The number of carbonyl (C=O) groups excluding carboxylic acids is 1. The maximum absolute atomic E-state index is 11.8. The number of aromatic hydroxyl groups is 1. The number of carbonyl (C=O) groups is 1. The lowest BCUT2D eigenvalue weighted by Gasteiger charge is -2.11. The molecule has 0 aliphatic rings. The number of thiocarbonyl (C=S) groups is 1. The van der Waals surface area contributed by atoms with Crippen molar-refractivity contribution in [1.82, 2.24) is 5.43 Å². The van der Waals surface area contributed by atoms with Gasteiger partial charge in [0.05, 0.1) is 12.8 Å². The van der Waals surface area contributed by atoms with Crippen LogP contribution in [-0.4, -0.2) is 28.9 Å². The van der Waals surface area contributed by atoms with Crippen molar-refractivity contribution in [2.45, 2.75) is 26.7 Å². The molecule has 7 nitrogen and oxygen atoms in total. The Labute approximate surface area is 169 Å². The van der Waals surface area contributed by atoms with E-state index in [1.54, 1.807) is 32.2 Å². The number of nitrogens with one attached hydrogen (secondary N) is 3. The summed E-state index contributed by atoms with van der Waals surface area (Å²) >= 11 is 5.24. The summed E-state index contributed by atoms with van der Waals surface area (Å²) in [6.07, 6.45) is 1.20. The first-order valence-corrected chi connectivity index (χ1v) is 9.22. The van der Waals surface area contributed by atoms with E-state index in [1.165, 1.54) is 6.07 Å². The van der Waals surface area contributed by atoms with Crippen molar-refractivity contribution in [2.75, 3.05) is 17.7 Å². The fourth-order valence-electron chi connectivity index (χ4n) is 2.41. The van der Waals surface area contributed by atoms with Crippen molar-refractivity contribution >= 4 is 40.3 Å². The molecule has 1 amide bonds. The number of anilines is 2. The topological polar surface area (TPSA) is 95.0 Å². The highest BCUT2D eigenvalue weighted by molar-refractivity contribution is 7.80. The number of nitrogens with zero attached hydrogens (tertiary/aromatic N) is 1. The summed E-state index contributed by atoms with van der Waals surface area (Å²) < 4.78 is 5.17. The van der Waals surface area contributed by atoms with E-state index >= 15 is 0 Å². The van der Waals surface area contributed by atoms with E-state index in [-0.39, 0.29) is 11.7 Å². The minimum atomic E-state index is -0.0736. The zero-order valence-electron chi connectivity index (χ0n) is 16.1. The Bertz CT molecular complexity index is 884. The normalized spacial score (nSPS) is 10.9. The molecule has 0 radical (unpaired) electrons. The van der Waals surface area contributed by atoms with Crippen LogP contribution in [0.1, 0.15) is 32.3 Å². The average molecular weight is 401 g/mol. The smallest absolute Gasteiger partial charge is 0.224 e. The van der Waals surface area contributed by atoms with Crippen LogP contribution in [0.5, 0.6) is 11.5 Å². The van der Waals surface area contributed by atoms with Gasteiger partial charge in [0.25, 0.3) is 0 Å². The van der Waals surface area contributed by atoms with Gasteiger partial charge in [-0.25, -0.2) is 0 Å². The molecular weight excluding hydrogens is 376 g/mol. The molecule has 0 aliphatic heterocycles. The van der Waals surface area contributed by atoms with Crippen molar-refractivity contribution in [2.24, 2.45) is 5.10 Å². The average Bonchev–Trinajstić information content (AvgIpc) is 2.68. The molecule has 0 unspecified atom stereocenters. The quantitative estimate of drug-likeness (QED) is 0.244. The van der Waals surface area contributed by atoms with E-state index in [0.29, 0.717) is 34.2 Å². The number of hydrazone groups is 1. The molecule has 0 saturated heterocycles. The molecule has 0 spiro atoms. The van der Waals surface area contributed by atoms with Gasteiger partial charge in [-0.2, -0.15) is 5.10 Å². The van der Waals surface area contributed by atoms with Crippen molar-refractivity contribution in [1.29, 1.82) is 0 Å². The number of methoxy groups -OCH3 is 1. The maximum Gasteiger partial charge on any atom is 0.224 e. The second kappa shape index (κ2) is 10.3. The van der Waals surface area contributed by atoms with Gasteiger partial charge in [-0.1, -0.05) is 13.0 Å². The van der Waals surface area contributed by atoms with E-state index in [2.05, 4.69) is 21.2 Å². The number of phenols is 1. The van der Waals surface area contributed by atoms with Gasteiger partial charge in [0, 0.05) is 29.4 Å². The summed E-state index contributed by atoms with van der Waals surface area (Å²) in [5, 5.41) is 20.4. The molecule has 0 aliphatic carbocycles. The van der Waals surface area contributed by atoms with Crippen LogP contribution in [0.25, 0.3) is 0 Å². The number of ether oxygens (including phenoxy) is 1. The maximum atomic E-state index is 11.8. The summed E-state index contributed by atoms with van der Waals surface area (Å²) in [6, 6.07) is 12.2. The molecule has 8 heteroatoms. The molecule has 28 heavy (non-hydrogen) atoms. The summed E-state index contributed by atoms with van der Waals surface area (Å²) in [5.74, 6) is 0.693. The van der Waals surface area contributed by atoms with Crippen molar-refractivity contribution < 1.29 is 14.6 Å². The second-order valence-corrected chi connectivity index (χ2v) is 6.43. The van der Waals surface area contributed by atoms with Crippen LogP contribution in [0.15, 0.2) is 47.6 Å². The lowest BCUT2D eigenvalue weighted by molar-refractivity contribution is -0.116. The molecule has 2 aromatic carbocycles. The molecule has 0 heterocycles. The van der Waals surface area contributed by atoms with E-state index in [4.69, 9.17) is 17.0 Å².